The quantitative estimate of drug-likeness (QED) is 0.675. The van der Waals surface area contributed by atoms with Gasteiger partial charge in [-0.15, -0.1) is 0 Å². The summed E-state index contributed by atoms with van der Waals surface area (Å²) in [4.78, 5) is 0. The molecule has 0 amide bonds. The van der Waals surface area contributed by atoms with E-state index in [2.05, 4.69) is 13.8 Å². The predicted molar refractivity (Wildman–Crippen MR) is 54.5 cm³/mol. The van der Waals surface area contributed by atoms with Crippen LogP contribution in [0.2, 0.25) is 5.02 Å². The van der Waals surface area contributed by atoms with Crippen LogP contribution in [0.3, 0.4) is 0 Å². The number of aromatic hydroxyl groups is 1. The highest BCUT2D eigenvalue weighted by molar-refractivity contribution is 6.32. The van der Waals surface area contributed by atoms with Gasteiger partial charge in [-0.2, -0.15) is 0 Å². The van der Waals surface area contributed by atoms with Crippen LogP contribution < -0.4 is 0 Å². The van der Waals surface area contributed by atoms with Gasteiger partial charge in [-0.25, -0.2) is 0 Å². The van der Waals surface area contributed by atoms with E-state index in [1.807, 2.05) is 6.07 Å². The predicted octanol–water partition coefficient (Wildman–Crippen LogP) is 3.27. The fourth-order valence-electron chi connectivity index (χ4n) is 2.02. The second-order valence-corrected chi connectivity index (χ2v) is 4.75. The molecule has 0 bridgehead atoms. The number of hydrogen-bond acceptors (Lipinski definition) is 1. The van der Waals surface area contributed by atoms with Crippen molar-refractivity contribution in [3.63, 3.8) is 0 Å². The summed E-state index contributed by atoms with van der Waals surface area (Å²) in [5, 5.41) is 9.89. The molecule has 0 fully saturated rings. The van der Waals surface area contributed by atoms with Crippen LogP contribution in [0.1, 0.15) is 31.4 Å². The monoisotopic (exact) mass is 196 g/mol. The first-order chi connectivity index (χ1) is 6.00. The Kier molecular flexibility index (Phi) is 1.81. The highest BCUT2D eigenvalue weighted by atomic mass is 35.5. The number of halogens is 1. The molecule has 0 spiro atoms. The number of benzene rings is 1. The van der Waals surface area contributed by atoms with Crippen molar-refractivity contribution in [2.24, 2.45) is 0 Å². The lowest BCUT2D eigenvalue weighted by atomic mass is 9.87. The van der Waals surface area contributed by atoms with E-state index in [4.69, 9.17) is 11.6 Å². The smallest absolute Gasteiger partial charge is 0.134 e. The van der Waals surface area contributed by atoms with E-state index in [1.54, 1.807) is 6.07 Å². The van der Waals surface area contributed by atoms with E-state index in [9.17, 15) is 5.11 Å². The molecule has 0 atom stereocenters. The third-order valence-corrected chi connectivity index (χ3v) is 3.22. The second kappa shape index (κ2) is 2.65. The van der Waals surface area contributed by atoms with Crippen molar-refractivity contribution in [2.45, 2.75) is 32.1 Å². The SMILES string of the molecule is CC1(C)CCc2cc(O)c(Cl)cc21. The maximum absolute atomic E-state index is 9.42. The fraction of sp³-hybridized carbons (Fsp3) is 0.455. The van der Waals surface area contributed by atoms with Gasteiger partial charge in [0.1, 0.15) is 5.75 Å². The molecule has 1 aliphatic rings. The first-order valence-electron chi connectivity index (χ1n) is 4.52. The van der Waals surface area contributed by atoms with Gasteiger partial charge in [-0.3, -0.25) is 0 Å². The van der Waals surface area contributed by atoms with Gasteiger partial charge >= 0.3 is 0 Å². The Morgan fingerprint density at radius 3 is 2.77 bits per heavy atom. The molecule has 70 valence electrons. The molecule has 1 aliphatic carbocycles. The summed E-state index contributed by atoms with van der Waals surface area (Å²) in [6, 6.07) is 3.70. The van der Waals surface area contributed by atoms with Gasteiger partial charge in [0.2, 0.25) is 0 Å². The van der Waals surface area contributed by atoms with E-state index in [-0.39, 0.29) is 11.2 Å². The Balaban J connectivity index is 2.61. The second-order valence-electron chi connectivity index (χ2n) is 4.34. The van der Waals surface area contributed by atoms with Gasteiger partial charge in [0.15, 0.2) is 0 Å². The molecule has 1 nitrogen and oxygen atoms in total. The van der Waals surface area contributed by atoms with Crippen molar-refractivity contribution < 1.29 is 5.11 Å². The van der Waals surface area contributed by atoms with Gasteiger partial charge in [0.25, 0.3) is 0 Å². The first-order valence-corrected chi connectivity index (χ1v) is 4.90. The van der Waals surface area contributed by atoms with Crippen molar-refractivity contribution in [2.75, 3.05) is 0 Å². The lowest BCUT2D eigenvalue weighted by Gasteiger charge is -2.18. The number of fused-ring (bicyclic) bond motifs is 1. The lowest BCUT2D eigenvalue weighted by molar-refractivity contribution is 0.474. The molecule has 13 heavy (non-hydrogen) atoms. The van der Waals surface area contributed by atoms with Crippen LogP contribution in [-0.2, 0) is 11.8 Å². The molecule has 1 N–H and O–H groups in total. The zero-order chi connectivity index (χ0) is 9.64. The molecule has 1 aromatic carbocycles. The number of hydrogen-bond donors (Lipinski definition) is 1. The zero-order valence-corrected chi connectivity index (χ0v) is 8.65. The highest BCUT2D eigenvalue weighted by Crippen LogP contribution is 2.42. The third kappa shape index (κ3) is 1.31. The average Bonchev–Trinajstić information content (AvgIpc) is 2.31. The maximum Gasteiger partial charge on any atom is 0.134 e. The fourth-order valence-corrected chi connectivity index (χ4v) is 2.19. The molecule has 0 saturated heterocycles. The molecule has 0 aromatic heterocycles. The minimum Gasteiger partial charge on any atom is -0.506 e. The number of phenols is 1. The molecule has 1 aromatic rings. The largest absolute Gasteiger partial charge is 0.506 e. The molecule has 0 saturated carbocycles. The Morgan fingerprint density at radius 1 is 1.38 bits per heavy atom. The highest BCUT2D eigenvalue weighted by Gasteiger charge is 2.30. The number of rotatable bonds is 0. The topological polar surface area (TPSA) is 20.2 Å². The van der Waals surface area contributed by atoms with Crippen LogP contribution in [0.4, 0.5) is 0 Å². The summed E-state index contributed by atoms with van der Waals surface area (Å²) in [6.07, 6.45) is 2.19. The summed E-state index contributed by atoms with van der Waals surface area (Å²) in [5.74, 6) is 0.207. The number of phenolic OH excluding ortho intramolecular Hbond substituents is 1. The van der Waals surface area contributed by atoms with Gasteiger partial charge < -0.3 is 5.11 Å². The summed E-state index contributed by atoms with van der Waals surface area (Å²) in [5.41, 5.74) is 2.74. The molecular weight excluding hydrogens is 184 g/mol. The summed E-state index contributed by atoms with van der Waals surface area (Å²) in [6.45, 7) is 4.43. The van der Waals surface area contributed by atoms with E-state index in [0.717, 1.165) is 12.8 Å². The minimum absolute atomic E-state index is 0.207. The normalized spacial score (nSPS) is 18.7. The van der Waals surface area contributed by atoms with Crippen LogP contribution in [0, 0.1) is 0 Å². The van der Waals surface area contributed by atoms with Crippen molar-refractivity contribution >= 4 is 11.6 Å². The third-order valence-electron chi connectivity index (χ3n) is 2.92. The molecular formula is C11H13ClO. The van der Waals surface area contributed by atoms with Gasteiger partial charge in [0, 0.05) is 0 Å². The molecule has 0 radical (unpaired) electrons. The molecule has 2 rings (SSSR count). The van der Waals surface area contributed by atoms with Crippen molar-refractivity contribution in [1.29, 1.82) is 0 Å². The van der Waals surface area contributed by atoms with Crippen LogP contribution in [0.15, 0.2) is 12.1 Å². The molecule has 0 unspecified atom stereocenters. The summed E-state index contributed by atoms with van der Waals surface area (Å²) in [7, 11) is 0. The van der Waals surface area contributed by atoms with Crippen molar-refractivity contribution in [3.05, 3.63) is 28.3 Å². The Bertz CT molecular complexity index is 355. The van der Waals surface area contributed by atoms with Gasteiger partial charge in [0.05, 0.1) is 5.02 Å². The zero-order valence-electron chi connectivity index (χ0n) is 7.89. The summed E-state index contributed by atoms with van der Waals surface area (Å²) >= 11 is 5.87. The molecule has 0 aliphatic heterocycles. The van der Waals surface area contributed by atoms with Crippen molar-refractivity contribution in [1.82, 2.24) is 0 Å². The summed E-state index contributed by atoms with van der Waals surface area (Å²) < 4.78 is 0. The van der Waals surface area contributed by atoms with Crippen LogP contribution in [0.5, 0.6) is 5.75 Å². The van der Waals surface area contributed by atoms with Crippen molar-refractivity contribution in [3.8, 4) is 5.75 Å². The standard InChI is InChI=1S/C11H13ClO/c1-11(2)4-3-7-5-10(13)9(12)6-8(7)11/h5-6,13H,3-4H2,1-2H3. The van der Waals surface area contributed by atoms with E-state index >= 15 is 0 Å². The van der Waals surface area contributed by atoms with Gasteiger partial charge in [-0.1, -0.05) is 25.4 Å². The Morgan fingerprint density at radius 2 is 2.08 bits per heavy atom. The van der Waals surface area contributed by atoms with Crippen LogP contribution in [-0.4, -0.2) is 5.11 Å². The van der Waals surface area contributed by atoms with E-state index < -0.39 is 0 Å². The molecule has 0 heterocycles. The first kappa shape index (κ1) is 8.89. The van der Waals surface area contributed by atoms with Crippen LogP contribution in [0.25, 0.3) is 0 Å². The van der Waals surface area contributed by atoms with Gasteiger partial charge in [-0.05, 0) is 41.5 Å². The average molecular weight is 197 g/mol. The molecule has 2 heteroatoms. The Hall–Kier alpha value is -0.690. The maximum atomic E-state index is 9.42. The van der Waals surface area contributed by atoms with E-state index in [0.29, 0.717) is 5.02 Å². The van der Waals surface area contributed by atoms with Crippen LogP contribution >= 0.6 is 11.6 Å². The number of aryl methyl sites for hydroxylation is 1. The Labute approximate surface area is 83.3 Å². The van der Waals surface area contributed by atoms with E-state index in [1.165, 1.54) is 11.1 Å². The lowest BCUT2D eigenvalue weighted by Crippen LogP contribution is -2.11. The minimum atomic E-state index is 0.207.